The molecule has 1 aromatic heterocycles. The number of carbonyl (C=O) groups is 1. The lowest BCUT2D eigenvalue weighted by Gasteiger charge is -2.11. The first-order chi connectivity index (χ1) is 13.9. The Hall–Kier alpha value is -3.04. The second kappa shape index (κ2) is 8.97. The van der Waals surface area contributed by atoms with Crippen LogP contribution in [0.5, 0.6) is 0 Å². The standard InChI is InChI=1S/C20H22N4O4S/c1-4-28-12-11-23-17-10-9-16(24(26)27)13-18(17)29-20(23)21-19(25)14-5-7-15(8-6-14)22(2)3/h5-10,13H,4,11-12H2,1-3H3. The smallest absolute Gasteiger partial charge is 0.279 e. The van der Waals surface area contributed by atoms with E-state index in [-0.39, 0.29) is 11.6 Å². The van der Waals surface area contributed by atoms with Crippen molar-refractivity contribution in [1.82, 2.24) is 4.57 Å². The number of amides is 1. The highest BCUT2D eigenvalue weighted by molar-refractivity contribution is 7.16. The van der Waals surface area contributed by atoms with E-state index >= 15 is 0 Å². The second-order valence-electron chi connectivity index (χ2n) is 6.50. The molecule has 0 radical (unpaired) electrons. The highest BCUT2D eigenvalue weighted by atomic mass is 32.1. The minimum absolute atomic E-state index is 0.00728. The number of hydrogen-bond donors (Lipinski definition) is 0. The fraction of sp³-hybridized carbons (Fsp3) is 0.300. The lowest BCUT2D eigenvalue weighted by atomic mass is 10.2. The third-order valence-corrected chi connectivity index (χ3v) is 5.41. The number of benzene rings is 2. The van der Waals surface area contributed by atoms with Crippen LogP contribution in [-0.4, -0.2) is 42.7 Å². The molecule has 2 aromatic carbocycles. The van der Waals surface area contributed by atoms with Gasteiger partial charge in [-0.3, -0.25) is 14.9 Å². The van der Waals surface area contributed by atoms with Gasteiger partial charge in [-0.25, -0.2) is 0 Å². The third-order valence-electron chi connectivity index (χ3n) is 4.37. The topological polar surface area (TPSA) is 90.0 Å². The number of anilines is 1. The molecular formula is C20H22N4O4S. The molecule has 0 aliphatic rings. The summed E-state index contributed by atoms with van der Waals surface area (Å²) >= 11 is 1.25. The molecule has 0 N–H and O–H groups in total. The van der Waals surface area contributed by atoms with E-state index in [4.69, 9.17) is 4.74 Å². The molecule has 3 rings (SSSR count). The van der Waals surface area contributed by atoms with Crippen molar-refractivity contribution < 1.29 is 14.5 Å². The Balaban J connectivity index is 2.03. The highest BCUT2D eigenvalue weighted by Crippen LogP contribution is 2.23. The number of nitro groups is 1. The fourth-order valence-corrected chi connectivity index (χ4v) is 3.92. The molecule has 1 amide bonds. The molecule has 0 saturated carbocycles. The number of ether oxygens (including phenoxy) is 1. The number of rotatable bonds is 7. The van der Waals surface area contributed by atoms with Crippen molar-refractivity contribution in [3.8, 4) is 0 Å². The summed E-state index contributed by atoms with van der Waals surface area (Å²) in [5.74, 6) is -0.360. The van der Waals surface area contributed by atoms with Crippen LogP contribution in [0.4, 0.5) is 11.4 Å². The zero-order valence-corrected chi connectivity index (χ0v) is 17.3. The minimum atomic E-state index is -0.433. The second-order valence-corrected chi connectivity index (χ2v) is 7.51. The zero-order chi connectivity index (χ0) is 21.0. The summed E-state index contributed by atoms with van der Waals surface area (Å²) in [7, 11) is 3.86. The first-order valence-corrected chi connectivity index (χ1v) is 9.94. The van der Waals surface area contributed by atoms with Crippen LogP contribution in [0.3, 0.4) is 0 Å². The summed E-state index contributed by atoms with van der Waals surface area (Å²) in [6, 6.07) is 11.9. The maximum Gasteiger partial charge on any atom is 0.279 e. The molecule has 0 bridgehead atoms. The van der Waals surface area contributed by atoms with E-state index in [1.54, 1.807) is 18.2 Å². The Morgan fingerprint density at radius 2 is 1.97 bits per heavy atom. The van der Waals surface area contributed by atoms with Crippen molar-refractivity contribution in [3.63, 3.8) is 0 Å². The van der Waals surface area contributed by atoms with E-state index in [0.29, 0.717) is 34.8 Å². The molecule has 0 unspecified atom stereocenters. The lowest BCUT2D eigenvalue weighted by molar-refractivity contribution is -0.384. The van der Waals surface area contributed by atoms with Crippen LogP contribution in [0.25, 0.3) is 10.2 Å². The monoisotopic (exact) mass is 414 g/mol. The SMILES string of the molecule is CCOCCn1c(=NC(=O)c2ccc(N(C)C)cc2)sc2cc([N+](=O)[O-])ccc21. The fourth-order valence-electron chi connectivity index (χ4n) is 2.83. The predicted molar refractivity (Wildman–Crippen MR) is 114 cm³/mol. The van der Waals surface area contributed by atoms with Gasteiger partial charge in [-0.05, 0) is 37.3 Å². The molecule has 1 heterocycles. The molecular weight excluding hydrogens is 392 g/mol. The maximum atomic E-state index is 12.7. The Morgan fingerprint density at radius 3 is 2.59 bits per heavy atom. The van der Waals surface area contributed by atoms with Crippen LogP contribution in [0, 0.1) is 10.1 Å². The van der Waals surface area contributed by atoms with E-state index in [1.807, 2.05) is 42.6 Å². The molecule has 8 nitrogen and oxygen atoms in total. The Morgan fingerprint density at radius 1 is 1.24 bits per heavy atom. The summed E-state index contributed by atoms with van der Waals surface area (Å²) in [6.07, 6.45) is 0. The van der Waals surface area contributed by atoms with E-state index in [1.165, 1.54) is 23.5 Å². The number of hydrogen-bond acceptors (Lipinski definition) is 6. The molecule has 0 atom stereocenters. The summed E-state index contributed by atoms with van der Waals surface area (Å²) in [5.41, 5.74) is 2.26. The van der Waals surface area contributed by atoms with Gasteiger partial charge in [0.05, 0.1) is 21.7 Å². The van der Waals surface area contributed by atoms with Crippen LogP contribution < -0.4 is 9.70 Å². The van der Waals surface area contributed by atoms with Crippen LogP contribution in [-0.2, 0) is 11.3 Å². The molecule has 152 valence electrons. The first-order valence-electron chi connectivity index (χ1n) is 9.12. The van der Waals surface area contributed by atoms with Crippen molar-refractivity contribution in [1.29, 1.82) is 0 Å². The Kier molecular flexibility index (Phi) is 6.40. The van der Waals surface area contributed by atoms with Crippen molar-refractivity contribution in [2.24, 2.45) is 4.99 Å². The summed E-state index contributed by atoms with van der Waals surface area (Å²) < 4.78 is 8.01. The normalized spacial score (nSPS) is 11.8. The number of carbonyl (C=O) groups excluding carboxylic acids is 1. The van der Waals surface area contributed by atoms with Gasteiger partial charge in [0.1, 0.15) is 0 Å². The number of fused-ring (bicyclic) bond motifs is 1. The van der Waals surface area contributed by atoms with Gasteiger partial charge in [-0.15, -0.1) is 0 Å². The molecule has 0 spiro atoms. The molecule has 9 heteroatoms. The van der Waals surface area contributed by atoms with Crippen molar-refractivity contribution in [2.75, 3.05) is 32.2 Å². The van der Waals surface area contributed by atoms with Gasteiger partial charge in [0.25, 0.3) is 11.6 Å². The first kappa shape index (κ1) is 20.7. The van der Waals surface area contributed by atoms with Gasteiger partial charge in [0.2, 0.25) is 0 Å². The van der Waals surface area contributed by atoms with Crippen LogP contribution in [0.1, 0.15) is 17.3 Å². The van der Waals surface area contributed by atoms with Crippen molar-refractivity contribution in [2.45, 2.75) is 13.5 Å². The minimum Gasteiger partial charge on any atom is -0.380 e. The number of thiazole rings is 1. The van der Waals surface area contributed by atoms with Crippen LogP contribution in [0.15, 0.2) is 47.5 Å². The number of nitro benzene ring substituents is 1. The van der Waals surface area contributed by atoms with Crippen LogP contribution in [0.2, 0.25) is 0 Å². The summed E-state index contributed by atoms with van der Waals surface area (Å²) in [6.45, 7) is 3.44. The van der Waals surface area contributed by atoms with Gasteiger partial charge >= 0.3 is 0 Å². The van der Waals surface area contributed by atoms with Gasteiger partial charge in [0, 0.05) is 50.6 Å². The Labute approximate surface area is 171 Å². The largest absolute Gasteiger partial charge is 0.380 e. The Bertz CT molecular complexity index is 1100. The van der Waals surface area contributed by atoms with Crippen molar-refractivity contribution in [3.05, 3.63) is 62.9 Å². The molecule has 0 saturated heterocycles. The zero-order valence-electron chi connectivity index (χ0n) is 16.5. The quantitative estimate of drug-likeness (QED) is 0.336. The number of nitrogens with zero attached hydrogens (tertiary/aromatic N) is 4. The van der Waals surface area contributed by atoms with E-state index < -0.39 is 4.92 Å². The van der Waals surface area contributed by atoms with Gasteiger partial charge in [0.15, 0.2) is 4.80 Å². The van der Waals surface area contributed by atoms with E-state index in [2.05, 4.69) is 4.99 Å². The molecule has 29 heavy (non-hydrogen) atoms. The molecule has 3 aromatic rings. The average molecular weight is 414 g/mol. The molecule has 0 aliphatic heterocycles. The summed E-state index contributed by atoms with van der Waals surface area (Å²) in [4.78, 5) is 30.1. The predicted octanol–water partition coefficient (Wildman–Crippen LogP) is 3.45. The van der Waals surface area contributed by atoms with E-state index in [0.717, 1.165) is 11.2 Å². The highest BCUT2D eigenvalue weighted by Gasteiger charge is 2.13. The molecule has 0 fully saturated rings. The van der Waals surface area contributed by atoms with Crippen molar-refractivity contribution >= 4 is 38.8 Å². The molecule has 0 aliphatic carbocycles. The van der Waals surface area contributed by atoms with E-state index in [9.17, 15) is 14.9 Å². The number of aromatic nitrogens is 1. The maximum absolute atomic E-state index is 12.7. The van der Waals surface area contributed by atoms with Gasteiger partial charge < -0.3 is 14.2 Å². The third kappa shape index (κ3) is 4.69. The van der Waals surface area contributed by atoms with Gasteiger partial charge in [-0.1, -0.05) is 11.3 Å². The average Bonchev–Trinajstić information content (AvgIpc) is 3.04. The number of non-ortho nitro benzene ring substituents is 1. The van der Waals surface area contributed by atoms with Gasteiger partial charge in [-0.2, -0.15) is 4.99 Å². The van der Waals surface area contributed by atoms with Crippen LogP contribution >= 0.6 is 11.3 Å². The summed E-state index contributed by atoms with van der Waals surface area (Å²) in [5, 5.41) is 11.1. The lowest BCUT2D eigenvalue weighted by Crippen LogP contribution is -2.19.